The van der Waals surface area contributed by atoms with Crippen LogP contribution in [0.5, 0.6) is 0 Å². The second-order valence-corrected chi connectivity index (χ2v) is 4.33. The van der Waals surface area contributed by atoms with Gasteiger partial charge in [-0.15, -0.1) is 0 Å². The predicted molar refractivity (Wildman–Crippen MR) is 66.9 cm³/mol. The zero-order valence-corrected chi connectivity index (χ0v) is 10.0. The van der Waals surface area contributed by atoms with Crippen LogP contribution >= 0.6 is 0 Å². The number of nitrogens with zero attached hydrogens (tertiary/aromatic N) is 1. The third-order valence-electron chi connectivity index (χ3n) is 3.24. The molecule has 1 aromatic carbocycles. The molecule has 84 valence electrons. The van der Waals surface area contributed by atoms with E-state index in [2.05, 4.69) is 32.0 Å². The summed E-state index contributed by atoms with van der Waals surface area (Å²) in [5.41, 5.74) is 2.32. The zero-order chi connectivity index (χ0) is 11.7. The topological polar surface area (TPSA) is 22.0 Å². The van der Waals surface area contributed by atoms with Gasteiger partial charge >= 0.3 is 0 Å². The van der Waals surface area contributed by atoms with Crippen molar-refractivity contribution in [3.8, 4) is 0 Å². The van der Waals surface area contributed by atoms with Crippen LogP contribution in [0.25, 0.3) is 10.9 Å². The first-order valence-electron chi connectivity index (χ1n) is 5.75. The van der Waals surface area contributed by atoms with E-state index in [1.54, 1.807) is 11.5 Å². The monoisotopic (exact) mass is 215 g/mol. The molecule has 2 nitrogen and oxygen atoms in total. The predicted octanol–water partition coefficient (Wildman–Crippen LogP) is 3.81. The molecule has 2 rings (SSSR count). The average molecular weight is 215 g/mol. The smallest absolute Gasteiger partial charge is 0.227 e. The summed E-state index contributed by atoms with van der Waals surface area (Å²) in [5, 5.41) is 1.13. The van der Waals surface area contributed by atoms with Crippen molar-refractivity contribution in [1.29, 1.82) is 0 Å². The highest BCUT2D eigenvalue weighted by molar-refractivity contribution is 5.91. The maximum absolute atomic E-state index is 11.4. The number of carbonyl (C=O) groups is 1. The van der Waals surface area contributed by atoms with Crippen molar-refractivity contribution in [2.24, 2.45) is 0 Å². The second kappa shape index (κ2) is 4.12. The van der Waals surface area contributed by atoms with Crippen molar-refractivity contribution >= 4 is 16.8 Å². The highest BCUT2D eigenvalue weighted by atomic mass is 16.1. The third kappa shape index (κ3) is 1.75. The molecule has 0 fully saturated rings. The maximum atomic E-state index is 11.4. The van der Waals surface area contributed by atoms with Crippen molar-refractivity contribution in [2.75, 3.05) is 0 Å². The van der Waals surface area contributed by atoms with Gasteiger partial charge in [-0.25, -0.2) is 0 Å². The van der Waals surface area contributed by atoms with Gasteiger partial charge in [0.2, 0.25) is 5.91 Å². The van der Waals surface area contributed by atoms with Crippen molar-refractivity contribution in [3.63, 3.8) is 0 Å². The molecule has 0 bridgehead atoms. The molecule has 16 heavy (non-hydrogen) atoms. The highest BCUT2D eigenvalue weighted by Crippen LogP contribution is 2.24. The first-order chi connectivity index (χ1) is 7.63. The Morgan fingerprint density at radius 3 is 2.75 bits per heavy atom. The van der Waals surface area contributed by atoms with Gasteiger partial charge in [-0.05, 0) is 30.0 Å². The summed E-state index contributed by atoms with van der Waals surface area (Å²) in [6.07, 6.45) is 2.96. The molecule has 1 heterocycles. The molecule has 0 amide bonds. The Kier molecular flexibility index (Phi) is 2.82. The second-order valence-electron chi connectivity index (χ2n) is 4.33. The Balaban J connectivity index is 2.58. The molecule has 0 aliphatic heterocycles. The molecule has 0 aliphatic rings. The van der Waals surface area contributed by atoms with Gasteiger partial charge in [0.25, 0.3) is 0 Å². The molecular weight excluding hydrogens is 198 g/mol. The fourth-order valence-electron chi connectivity index (χ4n) is 1.96. The van der Waals surface area contributed by atoms with E-state index in [1.807, 2.05) is 12.3 Å². The number of hydrogen-bond donors (Lipinski definition) is 0. The van der Waals surface area contributed by atoms with Crippen LogP contribution in [-0.4, -0.2) is 10.5 Å². The van der Waals surface area contributed by atoms with E-state index in [0.717, 1.165) is 17.3 Å². The minimum absolute atomic E-state index is 0.0660. The number of rotatable bonds is 2. The first kappa shape index (κ1) is 10.9. The highest BCUT2D eigenvalue weighted by Gasteiger charge is 2.08. The largest absolute Gasteiger partial charge is 0.287 e. The molecule has 0 saturated carbocycles. The van der Waals surface area contributed by atoms with Gasteiger partial charge in [0.1, 0.15) is 0 Å². The van der Waals surface area contributed by atoms with Gasteiger partial charge in [0.05, 0.1) is 5.52 Å². The quantitative estimate of drug-likeness (QED) is 0.746. The van der Waals surface area contributed by atoms with Gasteiger partial charge in [-0.1, -0.05) is 26.0 Å². The van der Waals surface area contributed by atoms with Gasteiger partial charge in [-0.3, -0.25) is 9.36 Å². The van der Waals surface area contributed by atoms with E-state index in [0.29, 0.717) is 5.92 Å². The van der Waals surface area contributed by atoms with Crippen LogP contribution in [0.2, 0.25) is 0 Å². The van der Waals surface area contributed by atoms with E-state index in [1.165, 1.54) is 5.56 Å². The number of benzene rings is 1. The van der Waals surface area contributed by atoms with Crippen molar-refractivity contribution in [2.45, 2.75) is 33.1 Å². The van der Waals surface area contributed by atoms with Crippen LogP contribution in [0.1, 0.15) is 43.5 Å². The number of fused-ring (bicyclic) bond motifs is 1. The normalized spacial score (nSPS) is 12.9. The number of carbonyl (C=O) groups excluding carboxylic acids is 1. The van der Waals surface area contributed by atoms with E-state index in [4.69, 9.17) is 0 Å². The van der Waals surface area contributed by atoms with E-state index in [-0.39, 0.29) is 5.91 Å². The minimum atomic E-state index is 0.0660. The van der Waals surface area contributed by atoms with Crippen LogP contribution in [0.15, 0.2) is 30.5 Å². The number of hydrogen-bond acceptors (Lipinski definition) is 1. The molecule has 1 unspecified atom stereocenters. The Bertz CT molecular complexity index is 525. The van der Waals surface area contributed by atoms with E-state index < -0.39 is 0 Å². The van der Waals surface area contributed by atoms with E-state index in [9.17, 15) is 4.79 Å². The molecule has 0 aliphatic carbocycles. The average Bonchev–Trinajstić information content (AvgIpc) is 2.70. The van der Waals surface area contributed by atoms with Crippen LogP contribution in [0.4, 0.5) is 0 Å². The summed E-state index contributed by atoms with van der Waals surface area (Å²) in [6.45, 7) is 5.98. The maximum Gasteiger partial charge on any atom is 0.227 e. The molecule has 0 N–H and O–H groups in total. The van der Waals surface area contributed by atoms with Gasteiger partial charge in [0.15, 0.2) is 0 Å². The third-order valence-corrected chi connectivity index (χ3v) is 3.24. The molecule has 2 aromatic rings. The summed E-state index contributed by atoms with van der Waals surface area (Å²) < 4.78 is 1.71. The molecule has 0 radical (unpaired) electrons. The summed E-state index contributed by atoms with van der Waals surface area (Å²) in [6, 6.07) is 8.36. The van der Waals surface area contributed by atoms with Crippen LogP contribution in [0, 0.1) is 0 Å². The molecule has 0 spiro atoms. The lowest BCUT2D eigenvalue weighted by Gasteiger charge is -2.09. The van der Waals surface area contributed by atoms with E-state index >= 15 is 0 Å². The van der Waals surface area contributed by atoms with Crippen LogP contribution in [-0.2, 0) is 0 Å². The summed E-state index contributed by atoms with van der Waals surface area (Å²) in [5.74, 6) is 0.607. The molecular formula is C14H17NO. The molecule has 1 aromatic heterocycles. The SMILES string of the molecule is CCC(C)c1ccc2ccn(C(C)=O)c2c1. The summed E-state index contributed by atoms with van der Waals surface area (Å²) in [4.78, 5) is 11.4. The lowest BCUT2D eigenvalue weighted by atomic mass is 9.98. The Morgan fingerprint density at radius 1 is 1.38 bits per heavy atom. The van der Waals surface area contributed by atoms with Gasteiger partial charge in [0, 0.05) is 18.5 Å². The Morgan fingerprint density at radius 2 is 2.12 bits per heavy atom. The van der Waals surface area contributed by atoms with Crippen molar-refractivity contribution < 1.29 is 4.79 Å². The Labute approximate surface area is 95.9 Å². The fourth-order valence-corrected chi connectivity index (χ4v) is 1.96. The number of aromatic nitrogens is 1. The van der Waals surface area contributed by atoms with Gasteiger partial charge in [-0.2, -0.15) is 0 Å². The minimum Gasteiger partial charge on any atom is -0.287 e. The zero-order valence-electron chi connectivity index (χ0n) is 10.0. The lowest BCUT2D eigenvalue weighted by Crippen LogP contribution is -2.03. The van der Waals surface area contributed by atoms with Gasteiger partial charge < -0.3 is 0 Å². The van der Waals surface area contributed by atoms with Crippen molar-refractivity contribution in [1.82, 2.24) is 4.57 Å². The Hall–Kier alpha value is -1.57. The molecule has 2 heteroatoms. The fraction of sp³-hybridized carbons (Fsp3) is 0.357. The summed E-state index contributed by atoms with van der Waals surface area (Å²) in [7, 11) is 0. The lowest BCUT2D eigenvalue weighted by molar-refractivity contribution is 0.0941. The summed E-state index contributed by atoms with van der Waals surface area (Å²) >= 11 is 0. The standard InChI is InChI=1S/C14H17NO/c1-4-10(2)13-6-5-12-7-8-15(11(3)16)14(12)9-13/h5-10H,4H2,1-3H3. The first-order valence-corrected chi connectivity index (χ1v) is 5.75. The molecule has 1 atom stereocenters. The molecule has 0 saturated heterocycles. The van der Waals surface area contributed by atoms with Crippen LogP contribution < -0.4 is 0 Å². The van der Waals surface area contributed by atoms with Crippen LogP contribution in [0.3, 0.4) is 0 Å². The van der Waals surface area contributed by atoms with Crippen molar-refractivity contribution in [3.05, 3.63) is 36.0 Å².